The third-order valence-electron chi connectivity index (χ3n) is 8.97. The number of unbranched alkanes of at least 4 members (excludes halogenated alkanes) is 1. The molecule has 2 saturated carbocycles. The van der Waals surface area contributed by atoms with Gasteiger partial charge >= 0.3 is 11.7 Å². The monoisotopic (exact) mass is 576 g/mol. The van der Waals surface area contributed by atoms with Crippen LogP contribution in [0.2, 0.25) is 0 Å². The Balaban J connectivity index is 1.32. The van der Waals surface area contributed by atoms with Crippen molar-refractivity contribution in [2.75, 3.05) is 6.54 Å². The lowest BCUT2D eigenvalue weighted by Crippen LogP contribution is -2.61. The molecule has 2 aliphatic carbocycles. The molecule has 0 bridgehead atoms. The molecule has 5 rings (SSSR count). The van der Waals surface area contributed by atoms with Crippen LogP contribution in [0.3, 0.4) is 0 Å². The lowest BCUT2D eigenvalue weighted by Gasteiger charge is -2.53. The first-order chi connectivity index (χ1) is 20.0. The van der Waals surface area contributed by atoms with Gasteiger partial charge in [0.15, 0.2) is 0 Å². The lowest BCUT2D eigenvalue weighted by molar-refractivity contribution is -0.138. The molecule has 1 aromatic heterocycles. The maximum absolute atomic E-state index is 13.4. The van der Waals surface area contributed by atoms with Gasteiger partial charge in [-0.15, -0.1) is 0 Å². The Morgan fingerprint density at radius 3 is 2.19 bits per heavy atom. The highest BCUT2D eigenvalue weighted by atomic mass is 16.2. The predicted octanol–water partition coefficient (Wildman–Crippen LogP) is 1.99. The highest BCUT2D eigenvalue weighted by Gasteiger charge is 2.51. The third kappa shape index (κ3) is 4.84. The van der Waals surface area contributed by atoms with Crippen LogP contribution in [0.25, 0.3) is 0 Å². The van der Waals surface area contributed by atoms with Crippen molar-refractivity contribution < 1.29 is 19.2 Å². The SMILES string of the molecule is CCCCN1C(=O)C(=C(N)N)C(=O)N(C2CCC3(CC2)CC(n2cc(C)c(=O)n(C(=O)c4ccccc4)c2=O)C3)C1=O. The summed E-state index contributed by atoms with van der Waals surface area (Å²) in [5, 5.41) is 0. The molecule has 12 nitrogen and oxygen atoms in total. The van der Waals surface area contributed by atoms with Gasteiger partial charge < -0.3 is 11.5 Å². The summed E-state index contributed by atoms with van der Waals surface area (Å²) in [6.07, 6.45) is 6.71. The average Bonchev–Trinajstić information content (AvgIpc) is 2.94. The number of rotatable bonds is 6. The van der Waals surface area contributed by atoms with Gasteiger partial charge in [-0.25, -0.2) is 9.59 Å². The maximum Gasteiger partial charge on any atom is 0.338 e. The zero-order chi connectivity index (χ0) is 30.3. The number of urea groups is 1. The van der Waals surface area contributed by atoms with Crippen LogP contribution in [0.1, 0.15) is 80.3 Å². The molecule has 42 heavy (non-hydrogen) atoms. The molecule has 0 radical (unpaired) electrons. The molecule has 2 heterocycles. The van der Waals surface area contributed by atoms with E-state index in [9.17, 15) is 28.8 Å². The minimum Gasteiger partial charge on any atom is -0.385 e. The number of imide groups is 2. The summed E-state index contributed by atoms with van der Waals surface area (Å²) in [5.41, 5.74) is 10.2. The summed E-state index contributed by atoms with van der Waals surface area (Å²) in [6, 6.07) is 7.00. The van der Waals surface area contributed by atoms with E-state index in [0.29, 0.717) is 55.1 Å². The Hall–Kier alpha value is -4.48. The number of aryl methyl sites for hydroxylation is 1. The van der Waals surface area contributed by atoms with Gasteiger partial charge in [-0.3, -0.25) is 33.5 Å². The fraction of sp³-hybridized carbons (Fsp3) is 0.467. The summed E-state index contributed by atoms with van der Waals surface area (Å²) in [5.74, 6) is -2.56. The van der Waals surface area contributed by atoms with Crippen molar-refractivity contribution in [3.8, 4) is 0 Å². The number of nitrogens with zero attached hydrogens (tertiary/aromatic N) is 4. The van der Waals surface area contributed by atoms with Crippen LogP contribution in [0.5, 0.6) is 0 Å². The topological polar surface area (TPSA) is 171 Å². The second kappa shape index (κ2) is 11.1. The van der Waals surface area contributed by atoms with E-state index >= 15 is 0 Å². The molecular formula is C30H36N6O6. The van der Waals surface area contributed by atoms with Crippen molar-refractivity contribution in [2.45, 2.75) is 77.3 Å². The van der Waals surface area contributed by atoms with Gasteiger partial charge in [0.05, 0.1) is 0 Å². The van der Waals surface area contributed by atoms with Crippen molar-refractivity contribution in [1.29, 1.82) is 0 Å². The van der Waals surface area contributed by atoms with E-state index in [4.69, 9.17) is 11.5 Å². The van der Waals surface area contributed by atoms with Gasteiger partial charge in [-0.2, -0.15) is 4.57 Å². The third-order valence-corrected chi connectivity index (χ3v) is 8.97. The Bertz CT molecular complexity index is 1590. The molecule has 4 N–H and O–H groups in total. The molecule has 12 heteroatoms. The maximum atomic E-state index is 13.4. The number of hydrogen-bond acceptors (Lipinski definition) is 8. The fourth-order valence-electron chi connectivity index (χ4n) is 6.60. The van der Waals surface area contributed by atoms with Crippen molar-refractivity contribution in [1.82, 2.24) is 18.9 Å². The molecule has 3 fully saturated rings. The van der Waals surface area contributed by atoms with Gasteiger partial charge in [0.25, 0.3) is 23.3 Å². The van der Waals surface area contributed by atoms with Crippen LogP contribution in [-0.4, -0.2) is 55.3 Å². The first kappa shape index (κ1) is 29.0. The highest BCUT2D eigenvalue weighted by molar-refractivity contribution is 6.29. The molecule has 0 unspecified atom stereocenters. The van der Waals surface area contributed by atoms with Crippen LogP contribution in [0.4, 0.5) is 4.79 Å². The van der Waals surface area contributed by atoms with E-state index in [1.807, 2.05) is 6.92 Å². The first-order valence-electron chi connectivity index (χ1n) is 14.4. The standard InChI is InChI=1S/C30H36N6O6/c1-3-4-14-33-26(39)22(23(31)32)27(40)35(28(33)41)20-10-12-30(13-11-20)15-21(16-30)34-17-18(2)24(37)36(29(34)42)25(38)19-8-6-5-7-9-19/h5-9,17,20-21H,3-4,10-16,31-32H2,1-2H3. The normalized spacial score (nSPS) is 24.2. The molecule has 222 valence electrons. The second-order valence-corrected chi connectivity index (χ2v) is 11.7. The number of carbonyl (C=O) groups excluding carboxylic acids is 4. The van der Waals surface area contributed by atoms with Gasteiger partial charge in [0.1, 0.15) is 11.4 Å². The molecule has 0 atom stereocenters. The number of barbiturate groups is 1. The highest BCUT2D eigenvalue weighted by Crippen LogP contribution is 2.57. The number of hydrogen-bond donors (Lipinski definition) is 2. The number of amides is 4. The van der Waals surface area contributed by atoms with Crippen LogP contribution in [0, 0.1) is 12.3 Å². The van der Waals surface area contributed by atoms with Crippen molar-refractivity contribution in [2.24, 2.45) is 16.9 Å². The lowest BCUT2D eigenvalue weighted by atomic mass is 9.57. The molecule has 1 spiro atoms. The van der Waals surface area contributed by atoms with Gasteiger partial charge in [-0.1, -0.05) is 31.5 Å². The summed E-state index contributed by atoms with van der Waals surface area (Å²) >= 11 is 0. The fourth-order valence-corrected chi connectivity index (χ4v) is 6.60. The van der Waals surface area contributed by atoms with Crippen LogP contribution >= 0.6 is 0 Å². The Morgan fingerprint density at radius 2 is 1.60 bits per heavy atom. The molecule has 3 aliphatic rings. The number of nitrogens with two attached hydrogens (primary N) is 2. The van der Waals surface area contributed by atoms with E-state index in [-0.39, 0.29) is 29.1 Å². The Labute approximate surface area is 242 Å². The molecule has 1 aromatic carbocycles. The first-order valence-corrected chi connectivity index (χ1v) is 14.4. The quantitative estimate of drug-likeness (QED) is 0.388. The minimum absolute atomic E-state index is 0.0932. The van der Waals surface area contributed by atoms with E-state index in [2.05, 4.69) is 0 Å². The van der Waals surface area contributed by atoms with E-state index < -0.39 is 46.9 Å². The zero-order valence-electron chi connectivity index (χ0n) is 23.9. The summed E-state index contributed by atoms with van der Waals surface area (Å²) < 4.78 is 2.20. The summed E-state index contributed by atoms with van der Waals surface area (Å²) in [4.78, 5) is 80.8. The van der Waals surface area contributed by atoms with Crippen molar-refractivity contribution in [3.05, 3.63) is 79.9 Å². The number of aromatic nitrogens is 2. The summed E-state index contributed by atoms with van der Waals surface area (Å²) in [6.45, 7) is 3.70. The van der Waals surface area contributed by atoms with Crippen molar-refractivity contribution >= 4 is 23.8 Å². The Morgan fingerprint density at radius 1 is 0.952 bits per heavy atom. The van der Waals surface area contributed by atoms with Crippen molar-refractivity contribution in [3.63, 3.8) is 0 Å². The second-order valence-electron chi connectivity index (χ2n) is 11.7. The Kier molecular flexibility index (Phi) is 7.65. The zero-order valence-corrected chi connectivity index (χ0v) is 23.9. The molecule has 1 saturated heterocycles. The van der Waals surface area contributed by atoms with Crippen LogP contribution in [-0.2, 0) is 9.59 Å². The average molecular weight is 577 g/mol. The van der Waals surface area contributed by atoms with E-state index in [1.165, 1.54) is 10.8 Å². The number of carbonyl (C=O) groups is 4. The van der Waals surface area contributed by atoms with Gasteiger partial charge in [0.2, 0.25) is 0 Å². The molecule has 4 amide bonds. The smallest absolute Gasteiger partial charge is 0.338 e. The van der Waals surface area contributed by atoms with Gasteiger partial charge in [-0.05, 0) is 69.4 Å². The number of benzene rings is 1. The largest absolute Gasteiger partial charge is 0.385 e. The van der Waals surface area contributed by atoms with E-state index in [0.717, 1.165) is 16.2 Å². The van der Waals surface area contributed by atoms with Crippen LogP contribution < -0.4 is 22.7 Å². The van der Waals surface area contributed by atoms with Crippen LogP contribution in [0.15, 0.2) is 57.5 Å². The van der Waals surface area contributed by atoms with Gasteiger partial charge in [0, 0.05) is 36.0 Å². The molecule has 2 aromatic rings. The molecule has 1 aliphatic heterocycles. The summed E-state index contributed by atoms with van der Waals surface area (Å²) in [7, 11) is 0. The molecular weight excluding hydrogens is 540 g/mol. The minimum atomic E-state index is -0.753. The van der Waals surface area contributed by atoms with E-state index in [1.54, 1.807) is 37.3 Å². The predicted molar refractivity (Wildman–Crippen MR) is 153 cm³/mol.